The zero-order valence-electron chi connectivity index (χ0n) is 11.3. The van der Waals surface area contributed by atoms with Crippen LogP contribution in [0.4, 0.5) is 5.69 Å². The normalized spacial score (nSPS) is 11.2. The van der Waals surface area contributed by atoms with Gasteiger partial charge in [-0.3, -0.25) is 4.31 Å². The van der Waals surface area contributed by atoms with Crippen LogP contribution in [0.15, 0.2) is 30.3 Å². The van der Waals surface area contributed by atoms with Gasteiger partial charge in [-0.15, -0.1) is 0 Å². The van der Waals surface area contributed by atoms with Gasteiger partial charge in [0.1, 0.15) is 0 Å². The second kappa shape index (κ2) is 8.15. The Morgan fingerprint density at radius 1 is 1.40 bits per heavy atom. The van der Waals surface area contributed by atoms with Crippen LogP contribution in [-0.2, 0) is 14.9 Å². The Morgan fingerprint density at radius 3 is 2.60 bits per heavy atom. The quantitative estimate of drug-likeness (QED) is 0.516. The molecule has 6 nitrogen and oxygen atoms in total. The Balaban J connectivity index is 2.89. The standard InChI is InChI=1S/C12H19N3O3S2/c1-18-10-8-14-20(16,17)15(9-7-12(13)19)11-5-3-2-4-6-11/h2-6,14H,7-10H2,1H3,(H2,13,19). The summed E-state index contributed by atoms with van der Waals surface area (Å²) in [5.74, 6) is 0. The van der Waals surface area contributed by atoms with E-state index >= 15 is 0 Å². The molecule has 0 spiro atoms. The number of ether oxygens (including phenoxy) is 1. The van der Waals surface area contributed by atoms with Gasteiger partial charge < -0.3 is 10.5 Å². The molecule has 0 bridgehead atoms. The van der Waals surface area contributed by atoms with Gasteiger partial charge in [0.25, 0.3) is 0 Å². The van der Waals surface area contributed by atoms with Gasteiger partial charge in [-0.2, -0.15) is 13.1 Å². The number of hydrogen-bond donors (Lipinski definition) is 2. The van der Waals surface area contributed by atoms with Crippen LogP contribution in [0.5, 0.6) is 0 Å². The fourth-order valence-electron chi connectivity index (χ4n) is 1.54. The average molecular weight is 317 g/mol. The molecule has 0 aliphatic heterocycles. The molecule has 0 heterocycles. The second-order valence-corrected chi connectivity index (χ2v) is 6.22. The van der Waals surface area contributed by atoms with E-state index in [2.05, 4.69) is 4.72 Å². The van der Waals surface area contributed by atoms with E-state index in [0.717, 1.165) is 0 Å². The van der Waals surface area contributed by atoms with Crippen LogP contribution < -0.4 is 14.8 Å². The van der Waals surface area contributed by atoms with Gasteiger partial charge in [-0.25, -0.2) is 0 Å². The van der Waals surface area contributed by atoms with Crippen molar-refractivity contribution >= 4 is 33.1 Å². The van der Waals surface area contributed by atoms with Gasteiger partial charge in [0.2, 0.25) is 0 Å². The zero-order chi connectivity index (χ0) is 15.0. The van der Waals surface area contributed by atoms with E-state index in [-0.39, 0.29) is 18.1 Å². The third-order valence-electron chi connectivity index (χ3n) is 2.49. The molecule has 1 aromatic carbocycles. The Kier molecular flexibility index (Phi) is 6.86. The van der Waals surface area contributed by atoms with Crippen LogP contribution in [0, 0.1) is 0 Å². The number of nitrogens with two attached hydrogens (primary N) is 1. The second-order valence-electron chi connectivity index (χ2n) is 4.02. The van der Waals surface area contributed by atoms with E-state index in [1.807, 2.05) is 6.07 Å². The van der Waals surface area contributed by atoms with Crippen LogP contribution in [0.2, 0.25) is 0 Å². The number of rotatable bonds is 9. The number of benzene rings is 1. The Hall–Kier alpha value is -1.22. The first kappa shape index (κ1) is 16.8. The van der Waals surface area contributed by atoms with Gasteiger partial charge in [0.05, 0.1) is 17.3 Å². The first-order chi connectivity index (χ1) is 9.47. The Labute approximate surface area is 125 Å². The summed E-state index contributed by atoms with van der Waals surface area (Å²) in [6.45, 7) is 0.702. The van der Waals surface area contributed by atoms with Crippen molar-refractivity contribution < 1.29 is 13.2 Å². The number of methoxy groups -OCH3 is 1. The van der Waals surface area contributed by atoms with Crippen molar-refractivity contribution in [2.75, 3.05) is 31.1 Å². The summed E-state index contributed by atoms with van der Waals surface area (Å²) in [4.78, 5) is 0.276. The average Bonchev–Trinajstić information content (AvgIpc) is 2.39. The van der Waals surface area contributed by atoms with E-state index in [4.69, 9.17) is 22.7 Å². The predicted molar refractivity (Wildman–Crippen MR) is 84.0 cm³/mol. The van der Waals surface area contributed by atoms with Crippen LogP contribution in [-0.4, -0.2) is 40.2 Å². The lowest BCUT2D eigenvalue weighted by Gasteiger charge is -2.24. The minimum atomic E-state index is -3.66. The topological polar surface area (TPSA) is 84.7 Å². The zero-order valence-corrected chi connectivity index (χ0v) is 12.9. The highest BCUT2D eigenvalue weighted by Crippen LogP contribution is 2.16. The molecule has 3 N–H and O–H groups in total. The van der Waals surface area contributed by atoms with Crippen molar-refractivity contribution in [3.8, 4) is 0 Å². The highest BCUT2D eigenvalue weighted by atomic mass is 32.2. The molecule has 0 saturated carbocycles. The Bertz CT molecular complexity index is 520. The summed E-state index contributed by atoms with van der Waals surface area (Å²) in [7, 11) is -2.15. The van der Waals surface area contributed by atoms with Crippen LogP contribution >= 0.6 is 12.2 Å². The fourth-order valence-corrected chi connectivity index (χ4v) is 2.86. The highest BCUT2D eigenvalue weighted by molar-refractivity contribution is 7.90. The number of hydrogen-bond acceptors (Lipinski definition) is 4. The fraction of sp³-hybridized carbons (Fsp3) is 0.417. The summed E-state index contributed by atoms with van der Waals surface area (Å²) in [5, 5.41) is 0. The number of para-hydroxylation sites is 1. The van der Waals surface area contributed by atoms with Crippen molar-refractivity contribution in [2.45, 2.75) is 6.42 Å². The molecule has 1 aromatic rings. The molecule has 0 aliphatic carbocycles. The molecule has 0 unspecified atom stereocenters. The molecular formula is C12H19N3O3S2. The maximum absolute atomic E-state index is 12.3. The van der Waals surface area contributed by atoms with Crippen LogP contribution in [0.25, 0.3) is 0 Å². The summed E-state index contributed by atoms with van der Waals surface area (Å²) >= 11 is 4.81. The van der Waals surface area contributed by atoms with Crippen molar-refractivity contribution in [3.05, 3.63) is 30.3 Å². The van der Waals surface area contributed by atoms with Gasteiger partial charge in [0.15, 0.2) is 0 Å². The number of nitrogens with one attached hydrogen (secondary N) is 1. The lowest BCUT2D eigenvalue weighted by Crippen LogP contribution is -2.43. The SMILES string of the molecule is COCCNS(=O)(=O)N(CCC(N)=S)c1ccccc1. The maximum atomic E-state index is 12.3. The molecule has 0 aliphatic rings. The third kappa shape index (κ3) is 5.41. The molecule has 112 valence electrons. The highest BCUT2D eigenvalue weighted by Gasteiger charge is 2.21. The van der Waals surface area contributed by atoms with E-state index in [1.165, 1.54) is 11.4 Å². The number of nitrogens with zero attached hydrogens (tertiary/aromatic N) is 1. The molecule has 0 atom stereocenters. The van der Waals surface area contributed by atoms with Gasteiger partial charge in [-0.1, -0.05) is 30.4 Å². The van der Waals surface area contributed by atoms with Gasteiger partial charge >= 0.3 is 10.2 Å². The molecule has 1 rings (SSSR count). The number of anilines is 1. The van der Waals surface area contributed by atoms with Crippen LogP contribution in [0.3, 0.4) is 0 Å². The summed E-state index contributed by atoms with van der Waals surface area (Å²) in [6.07, 6.45) is 0.315. The van der Waals surface area contributed by atoms with Crippen LogP contribution in [0.1, 0.15) is 6.42 Å². The summed E-state index contributed by atoms with van der Waals surface area (Å²) in [6, 6.07) is 8.80. The smallest absolute Gasteiger partial charge is 0.301 e. The van der Waals surface area contributed by atoms with Crippen molar-refractivity contribution in [1.29, 1.82) is 0 Å². The molecule has 20 heavy (non-hydrogen) atoms. The molecule has 0 saturated heterocycles. The third-order valence-corrected chi connectivity index (χ3v) is 4.23. The van der Waals surface area contributed by atoms with E-state index < -0.39 is 10.2 Å². The molecule has 8 heteroatoms. The lowest BCUT2D eigenvalue weighted by molar-refractivity contribution is 0.204. The first-order valence-electron chi connectivity index (χ1n) is 6.07. The van der Waals surface area contributed by atoms with E-state index in [9.17, 15) is 8.42 Å². The van der Waals surface area contributed by atoms with E-state index in [0.29, 0.717) is 18.7 Å². The summed E-state index contributed by atoms with van der Waals surface area (Å²) in [5.41, 5.74) is 6.02. The lowest BCUT2D eigenvalue weighted by atomic mass is 10.3. The minimum absolute atomic E-state index is 0.196. The summed E-state index contributed by atoms with van der Waals surface area (Å²) < 4.78 is 33.1. The predicted octanol–water partition coefficient (Wildman–Crippen LogP) is 0.650. The minimum Gasteiger partial charge on any atom is -0.393 e. The first-order valence-corrected chi connectivity index (χ1v) is 7.92. The Morgan fingerprint density at radius 2 is 2.05 bits per heavy atom. The molecule has 0 radical (unpaired) electrons. The van der Waals surface area contributed by atoms with E-state index in [1.54, 1.807) is 24.3 Å². The van der Waals surface area contributed by atoms with Crippen molar-refractivity contribution in [2.24, 2.45) is 5.73 Å². The molecular weight excluding hydrogens is 298 g/mol. The van der Waals surface area contributed by atoms with Gasteiger partial charge in [0, 0.05) is 26.6 Å². The maximum Gasteiger partial charge on any atom is 0.301 e. The largest absolute Gasteiger partial charge is 0.393 e. The van der Waals surface area contributed by atoms with Gasteiger partial charge in [-0.05, 0) is 12.1 Å². The molecule has 0 amide bonds. The van der Waals surface area contributed by atoms with Crippen molar-refractivity contribution in [1.82, 2.24) is 4.72 Å². The monoisotopic (exact) mass is 317 g/mol. The van der Waals surface area contributed by atoms with Crippen molar-refractivity contribution in [3.63, 3.8) is 0 Å². The molecule has 0 aromatic heterocycles. The number of thiocarbonyl (C=S) groups is 1. The molecule has 0 fully saturated rings.